The van der Waals surface area contributed by atoms with Gasteiger partial charge in [0.25, 0.3) is 0 Å². The number of fused-ring (bicyclic) bond motifs is 2. The molecule has 0 unspecified atom stereocenters. The molecule has 4 rings (SSSR count). The number of nitrogens with zero attached hydrogens (tertiary/aromatic N) is 4. The van der Waals surface area contributed by atoms with Gasteiger partial charge in [-0.25, -0.2) is 9.78 Å². The third-order valence-corrected chi connectivity index (χ3v) is 5.31. The first-order valence-electron chi connectivity index (χ1n) is 9.90. The minimum Gasteiger partial charge on any atom is -0.476 e. The van der Waals surface area contributed by atoms with Crippen LogP contribution in [0.15, 0.2) is 24.5 Å². The number of aromatic nitrogens is 4. The molecule has 1 aliphatic carbocycles. The van der Waals surface area contributed by atoms with Gasteiger partial charge in [0.15, 0.2) is 5.69 Å². The van der Waals surface area contributed by atoms with Crippen LogP contribution in [0, 0.1) is 12.8 Å². The number of hydrogen-bond donors (Lipinski definition) is 2. The minimum absolute atomic E-state index is 0.213. The predicted octanol–water partition coefficient (Wildman–Crippen LogP) is 2.84. The SMILES string of the molecule is Cc1ccc2nc(CN[C@H]3CCc4c(c(C(=O)O)nn4CC(C)C)C3)cn2c1. The Bertz CT molecular complexity index is 1020. The van der Waals surface area contributed by atoms with Gasteiger partial charge in [0, 0.05) is 42.8 Å². The predicted molar refractivity (Wildman–Crippen MR) is 107 cm³/mol. The monoisotopic (exact) mass is 381 g/mol. The third-order valence-electron chi connectivity index (χ3n) is 5.31. The average molecular weight is 381 g/mol. The maximum absolute atomic E-state index is 11.7. The van der Waals surface area contributed by atoms with Crippen LogP contribution in [0.25, 0.3) is 5.65 Å². The molecule has 148 valence electrons. The summed E-state index contributed by atoms with van der Waals surface area (Å²) in [6.07, 6.45) is 6.64. The van der Waals surface area contributed by atoms with Gasteiger partial charge < -0.3 is 14.8 Å². The van der Waals surface area contributed by atoms with E-state index in [9.17, 15) is 9.90 Å². The molecular weight excluding hydrogens is 354 g/mol. The van der Waals surface area contributed by atoms with Gasteiger partial charge in [-0.05, 0) is 43.7 Å². The quantitative estimate of drug-likeness (QED) is 0.686. The molecule has 2 N–H and O–H groups in total. The van der Waals surface area contributed by atoms with E-state index in [1.807, 2.05) is 21.3 Å². The number of hydrogen-bond acceptors (Lipinski definition) is 4. The van der Waals surface area contributed by atoms with Crippen LogP contribution in [0.5, 0.6) is 0 Å². The molecule has 7 heteroatoms. The Morgan fingerprint density at radius 2 is 2.18 bits per heavy atom. The van der Waals surface area contributed by atoms with Crippen LogP contribution in [-0.4, -0.2) is 36.3 Å². The van der Waals surface area contributed by atoms with Gasteiger partial charge in [0.2, 0.25) is 0 Å². The van der Waals surface area contributed by atoms with Crippen LogP contribution in [-0.2, 0) is 25.9 Å². The Labute approximate surface area is 164 Å². The average Bonchev–Trinajstić information content (AvgIpc) is 3.20. The summed E-state index contributed by atoms with van der Waals surface area (Å²) in [6, 6.07) is 4.31. The summed E-state index contributed by atoms with van der Waals surface area (Å²) in [4.78, 5) is 16.3. The van der Waals surface area contributed by atoms with Gasteiger partial charge in [-0.2, -0.15) is 5.10 Å². The maximum Gasteiger partial charge on any atom is 0.356 e. The highest BCUT2D eigenvalue weighted by Crippen LogP contribution is 2.26. The summed E-state index contributed by atoms with van der Waals surface area (Å²) >= 11 is 0. The lowest BCUT2D eigenvalue weighted by molar-refractivity contribution is 0.0688. The Morgan fingerprint density at radius 1 is 1.36 bits per heavy atom. The Hall–Kier alpha value is -2.67. The molecular formula is C21H27N5O2. The number of carboxylic acids is 1. The van der Waals surface area contributed by atoms with E-state index in [1.165, 1.54) is 5.56 Å². The van der Waals surface area contributed by atoms with Crippen molar-refractivity contribution in [2.75, 3.05) is 0 Å². The fourth-order valence-corrected chi connectivity index (χ4v) is 4.02. The summed E-state index contributed by atoms with van der Waals surface area (Å²) in [6.45, 7) is 7.74. The first-order valence-corrected chi connectivity index (χ1v) is 9.90. The van der Waals surface area contributed by atoms with Crippen LogP contribution >= 0.6 is 0 Å². The van der Waals surface area contributed by atoms with Crippen molar-refractivity contribution in [3.05, 3.63) is 52.7 Å². The fourth-order valence-electron chi connectivity index (χ4n) is 4.02. The Kier molecular flexibility index (Phi) is 4.93. The number of aromatic carboxylic acids is 1. The second-order valence-electron chi connectivity index (χ2n) is 8.18. The lowest BCUT2D eigenvalue weighted by Crippen LogP contribution is -2.35. The maximum atomic E-state index is 11.7. The summed E-state index contributed by atoms with van der Waals surface area (Å²) < 4.78 is 3.95. The van der Waals surface area contributed by atoms with Crippen molar-refractivity contribution < 1.29 is 9.90 Å². The van der Waals surface area contributed by atoms with Gasteiger partial charge >= 0.3 is 5.97 Å². The zero-order chi connectivity index (χ0) is 19.8. The number of carbonyl (C=O) groups is 1. The smallest absolute Gasteiger partial charge is 0.356 e. The highest BCUT2D eigenvalue weighted by atomic mass is 16.4. The van der Waals surface area contributed by atoms with E-state index in [1.54, 1.807) is 0 Å². The van der Waals surface area contributed by atoms with Crippen molar-refractivity contribution in [1.29, 1.82) is 0 Å². The number of pyridine rings is 1. The molecule has 0 fully saturated rings. The second-order valence-corrected chi connectivity index (χ2v) is 8.18. The number of nitrogens with one attached hydrogen (secondary N) is 1. The van der Waals surface area contributed by atoms with Crippen LogP contribution in [0.4, 0.5) is 0 Å². The van der Waals surface area contributed by atoms with E-state index < -0.39 is 5.97 Å². The number of carboxylic acid groups (broad SMARTS) is 1. The van der Waals surface area contributed by atoms with E-state index >= 15 is 0 Å². The molecule has 1 atom stereocenters. The van der Waals surface area contributed by atoms with Crippen LogP contribution in [0.3, 0.4) is 0 Å². The Morgan fingerprint density at radius 3 is 2.93 bits per heavy atom. The lowest BCUT2D eigenvalue weighted by Gasteiger charge is -2.24. The van der Waals surface area contributed by atoms with Crippen molar-refractivity contribution in [3.8, 4) is 0 Å². The van der Waals surface area contributed by atoms with Crippen LogP contribution < -0.4 is 5.32 Å². The number of imidazole rings is 1. The first kappa shape index (κ1) is 18.7. The van der Waals surface area contributed by atoms with E-state index in [-0.39, 0.29) is 11.7 Å². The van der Waals surface area contributed by atoms with Gasteiger partial charge in [-0.3, -0.25) is 4.68 Å². The molecule has 0 aromatic carbocycles. The topological polar surface area (TPSA) is 84.4 Å². The van der Waals surface area contributed by atoms with Crippen LogP contribution in [0.1, 0.15) is 53.3 Å². The first-order chi connectivity index (χ1) is 13.4. The van der Waals surface area contributed by atoms with E-state index in [2.05, 4.69) is 48.4 Å². The van der Waals surface area contributed by atoms with Crippen LogP contribution in [0.2, 0.25) is 0 Å². The third kappa shape index (κ3) is 3.67. The zero-order valence-electron chi connectivity index (χ0n) is 16.6. The summed E-state index contributed by atoms with van der Waals surface area (Å²) in [7, 11) is 0. The summed E-state index contributed by atoms with van der Waals surface area (Å²) in [5.41, 5.74) is 5.32. The van der Waals surface area contributed by atoms with Gasteiger partial charge in [-0.15, -0.1) is 0 Å². The van der Waals surface area contributed by atoms with Gasteiger partial charge in [0.1, 0.15) is 5.65 Å². The molecule has 0 radical (unpaired) electrons. The number of aryl methyl sites for hydroxylation is 1. The molecule has 0 aliphatic heterocycles. The highest BCUT2D eigenvalue weighted by Gasteiger charge is 2.29. The summed E-state index contributed by atoms with van der Waals surface area (Å²) in [5.74, 6) is -0.504. The molecule has 0 bridgehead atoms. The number of rotatable bonds is 6. The standard InChI is InChI=1S/C21H27N5O2/c1-13(2)10-26-18-6-5-15(8-17(18)20(24-26)21(27)28)22-9-16-12-25-11-14(3)4-7-19(25)23-16/h4,7,11-13,15,22H,5-6,8-10H2,1-3H3,(H,27,28)/t15-/m0/s1. The Balaban J connectivity index is 1.48. The molecule has 28 heavy (non-hydrogen) atoms. The molecule has 3 aromatic heterocycles. The molecule has 0 saturated carbocycles. The van der Waals surface area contributed by atoms with Gasteiger partial charge in [0.05, 0.1) is 5.69 Å². The summed E-state index contributed by atoms with van der Waals surface area (Å²) in [5, 5.41) is 17.5. The molecule has 3 aromatic rings. The van der Waals surface area contributed by atoms with Gasteiger partial charge in [-0.1, -0.05) is 19.9 Å². The molecule has 0 saturated heterocycles. The second kappa shape index (κ2) is 7.39. The van der Waals surface area contributed by atoms with E-state index in [0.29, 0.717) is 18.9 Å². The van der Waals surface area contributed by atoms with E-state index in [0.717, 1.165) is 42.0 Å². The van der Waals surface area contributed by atoms with Crippen molar-refractivity contribution >= 4 is 11.6 Å². The highest BCUT2D eigenvalue weighted by molar-refractivity contribution is 5.87. The molecule has 0 spiro atoms. The molecule has 0 amide bonds. The minimum atomic E-state index is -0.935. The van der Waals surface area contributed by atoms with Crippen molar-refractivity contribution in [2.24, 2.45) is 5.92 Å². The largest absolute Gasteiger partial charge is 0.476 e. The van der Waals surface area contributed by atoms with Crippen molar-refractivity contribution in [3.63, 3.8) is 0 Å². The van der Waals surface area contributed by atoms with Crippen molar-refractivity contribution in [2.45, 2.75) is 59.2 Å². The van der Waals surface area contributed by atoms with E-state index in [4.69, 9.17) is 0 Å². The fraction of sp³-hybridized carbons (Fsp3) is 0.476. The van der Waals surface area contributed by atoms with Crippen molar-refractivity contribution in [1.82, 2.24) is 24.5 Å². The molecule has 3 heterocycles. The molecule has 7 nitrogen and oxygen atoms in total. The lowest BCUT2D eigenvalue weighted by atomic mass is 9.91. The zero-order valence-corrected chi connectivity index (χ0v) is 16.6. The molecule has 1 aliphatic rings. The normalized spacial score (nSPS) is 16.6.